The summed E-state index contributed by atoms with van der Waals surface area (Å²) in [5.41, 5.74) is 0.169. The van der Waals surface area contributed by atoms with Crippen LogP contribution < -0.4 is 4.74 Å². The van der Waals surface area contributed by atoms with E-state index in [1.165, 1.54) is 23.4 Å². The second-order valence-electron chi connectivity index (χ2n) is 5.47. The lowest BCUT2D eigenvalue weighted by atomic mass is 10.3. The first-order chi connectivity index (χ1) is 13.2. The quantitative estimate of drug-likeness (QED) is 0.578. The summed E-state index contributed by atoms with van der Waals surface area (Å²) < 4.78 is 16.0. The Morgan fingerprint density at radius 3 is 2.96 bits per heavy atom. The normalized spacial score (nSPS) is 10.1. The molecule has 0 bridgehead atoms. The summed E-state index contributed by atoms with van der Waals surface area (Å²) in [6.07, 6.45) is 4.59. The van der Waals surface area contributed by atoms with Gasteiger partial charge in [0.2, 0.25) is 0 Å². The average molecular weight is 386 g/mol. The van der Waals surface area contributed by atoms with Gasteiger partial charge >= 0.3 is 0 Å². The molecule has 3 rings (SSSR count). The molecule has 0 unspecified atom stereocenters. The smallest absolute Gasteiger partial charge is 0.277 e. The summed E-state index contributed by atoms with van der Waals surface area (Å²) in [7, 11) is 0. The highest BCUT2D eigenvalue weighted by Gasteiger charge is 2.20. The molecule has 1 amide bonds. The molecule has 0 aliphatic carbocycles. The Kier molecular flexibility index (Phi) is 6.13. The molecule has 0 spiro atoms. The molecule has 0 aliphatic rings. The van der Waals surface area contributed by atoms with Crippen molar-refractivity contribution in [1.82, 2.24) is 15.0 Å². The van der Waals surface area contributed by atoms with Gasteiger partial charge in [0.1, 0.15) is 18.1 Å². The van der Waals surface area contributed by atoms with Crippen LogP contribution in [-0.4, -0.2) is 27.5 Å². The second kappa shape index (κ2) is 8.92. The fraction of sp³-hybridized carbons (Fsp3) is 0.211. The van der Waals surface area contributed by atoms with Crippen LogP contribution in [0.15, 0.2) is 51.9 Å². The Bertz CT molecular complexity index is 957. The molecule has 3 heterocycles. The highest BCUT2D eigenvalue weighted by molar-refractivity contribution is 6.30. The molecule has 3 aromatic rings. The lowest BCUT2D eigenvalue weighted by molar-refractivity contribution is 0.0744. The van der Waals surface area contributed by atoms with Gasteiger partial charge in [0.15, 0.2) is 11.5 Å². The number of carbonyl (C=O) groups excluding carboxylic acids is 1. The third kappa shape index (κ3) is 5.12. The molecule has 0 aromatic carbocycles. The molecule has 27 heavy (non-hydrogen) atoms. The molecule has 8 heteroatoms. The zero-order chi connectivity index (χ0) is 19.1. The Balaban J connectivity index is 1.66. The van der Waals surface area contributed by atoms with Crippen molar-refractivity contribution in [3.8, 4) is 17.6 Å². The fourth-order valence-corrected chi connectivity index (χ4v) is 2.40. The summed E-state index contributed by atoms with van der Waals surface area (Å²) >= 11 is 5.86. The molecule has 0 radical (unpaired) electrons. The first kappa shape index (κ1) is 18.5. The van der Waals surface area contributed by atoms with E-state index in [1.807, 2.05) is 0 Å². The maximum atomic E-state index is 12.7. The predicted octanol–water partition coefficient (Wildman–Crippen LogP) is 3.56. The third-order valence-corrected chi connectivity index (χ3v) is 3.71. The predicted molar refractivity (Wildman–Crippen MR) is 97.0 cm³/mol. The van der Waals surface area contributed by atoms with Gasteiger partial charge in [-0.15, -0.1) is 5.92 Å². The zero-order valence-electron chi connectivity index (χ0n) is 14.5. The lowest BCUT2D eigenvalue weighted by Crippen LogP contribution is -2.31. The first-order valence-corrected chi connectivity index (χ1v) is 8.43. The second-order valence-corrected chi connectivity index (χ2v) is 5.91. The van der Waals surface area contributed by atoms with Gasteiger partial charge in [-0.05, 0) is 19.1 Å². The van der Waals surface area contributed by atoms with Crippen LogP contribution in [0, 0.1) is 11.8 Å². The highest BCUT2D eigenvalue weighted by Crippen LogP contribution is 2.17. The van der Waals surface area contributed by atoms with Gasteiger partial charge in [-0.3, -0.25) is 9.78 Å². The summed E-state index contributed by atoms with van der Waals surface area (Å²) in [6.45, 7) is 2.34. The molecule has 0 saturated carbocycles. The summed E-state index contributed by atoms with van der Waals surface area (Å²) in [6, 6.07) is 6.72. The van der Waals surface area contributed by atoms with Gasteiger partial charge in [0.25, 0.3) is 5.91 Å². The molecular formula is C19H16ClN3O4. The average Bonchev–Trinajstić information content (AvgIpc) is 3.35. The van der Waals surface area contributed by atoms with Crippen molar-refractivity contribution in [3.63, 3.8) is 0 Å². The van der Waals surface area contributed by atoms with Crippen LogP contribution in [0.25, 0.3) is 0 Å². The standard InChI is InChI=1S/C19H16ClN3O4/c1-2-3-6-23(12-15-5-4-7-25-15)19(24)18-9-17(27-22-18)13-26-16-8-14(20)10-21-11-16/h4-5,7-11H,6,12-13H2,1H3. The van der Waals surface area contributed by atoms with Crippen molar-refractivity contribution >= 4 is 17.5 Å². The first-order valence-electron chi connectivity index (χ1n) is 8.06. The van der Waals surface area contributed by atoms with Crippen LogP contribution in [0.3, 0.4) is 0 Å². The number of halogens is 1. The van der Waals surface area contributed by atoms with Gasteiger partial charge in [0, 0.05) is 18.3 Å². The minimum absolute atomic E-state index is 0.0925. The Labute approximate surface area is 160 Å². The monoisotopic (exact) mass is 385 g/mol. The van der Waals surface area contributed by atoms with Crippen LogP contribution in [0.4, 0.5) is 0 Å². The van der Waals surface area contributed by atoms with E-state index in [0.29, 0.717) is 22.3 Å². The van der Waals surface area contributed by atoms with Crippen molar-refractivity contribution < 1.29 is 18.5 Å². The zero-order valence-corrected chi connectivity index (χ0v) is 15.3. The van der Waals surface area contributed by atoms with Crippen molar-refractivity contribution in [2.45, 2.75) is 20.1 Å². The molecule has 0 saturated heterocycles. The van der Waals surface area contributed by atoms with Gasteiger partial charge in [-0.25, -0.2) is 0 Å². The minimum Gasteiger partial charge on any atom is -0.484 e. The maximum Gasteiger partial charge on any atom is 0.277 e. The molecule has 7 nitrogen and oxygen atoms in total. The number of aromatic nitrogens is 2. The topological polar surface area (TPSA) is 81.6 Å². The van der Waals surface area contributed by atoms with E-state index < -0.39 is 0 Å². The van der Waals surface area contributed by atoms with E-state index in [0.717, 1.165) is 0 Å². The van der Waals surface area contributed by atoms with Gasteiger partial charge in [-0.1, -0.05) is 22.7 Å². The largest absolute Gasteiger partial charge is 0.484 e. The van der Waals surface area contributed by atoms with Crippen LogP contribution in [0.2, 0.25) is 5.02 Å². The number of hydrogen-bond acceptors (Lipinski definition) is 6. The van der Waals surface area contributed by atoms with Crippen molar-refractivity contribution in [1.29, 1.82) is 0 Å². The van der Waals surface area contributed by atoms with Crippen LogP contribution in [-0.2, 0) is 13.2 Å². The summed E-state index contributed by atoms with van der Waals surface area (Å²) in [5.74, 6) is 6.89. The van der Waals surface area contributed by atoms with E-state index in [4.69, 9.17) is 25.3 Å². The Hall–Kier alpha value is -3.24. The molecule has 0 N–H and O–H groups in total. The van der Waals surface area contributed by atoms with Crippen molar-refractivity contribution in [3.05, 3.63) is 65.2 Å². The minimum atomic E-state index is -0.312. The SMILES string of the molecule is CC#CCN(Cc1ccco1)C(=O)c1cc(COc2cncc(Cl)c2)on1. The molecule has 138 valence electrons. The number of amides is 1. The van der Waals surface area contributed by atoms with Crippen LogP contribution >= 0.6 is 11.6 Å². The van der Waals surface area contributed by atoms with Gasteiger partial charge in [0.05, 0.1) is 30.6 Å². The third-order valence-electron chi connectivity index (χ3n) is 3.50. The van der Waals surface area contributed by atoms with E-state index in [1.54, 1.807) is 31.4 Å². The lowest BCUT2D eigenvalue weighted by Gasteiger charge is -2.17. The number of ether oxygens (including phenoxy) is 1. The Morgan fingerprint density at radius 1 is 1.33 bits per heavy atom. The van der Waals surface area contributed by atoms with E-state index in [-0.39, 0.29) is 31.3 Å². The number of rotatable bonds is 7. The highest BCUT2D eigenvalue weighted by atomic mass is 35.5. The fourth-order valence-electron chi connectivity index (χ4n) is 2.23. The molecular weight excluding hydrogens is 370 g/mol. The molecule has 3 aromatic heterocycles. The summed E-state index contributed by atoms with van der Waals surface area (Å²) in [4.78, 5) is 18.2. The van der Waals surface area contributed by atoms with Crippen molar-refractivity contribution in [2.75, 3.05) is 6.54 Å². The molecule has 0 atom stereocenters. The van der Waals surface area contributed by atoms with Gasteiger partial charge in [-0.2, -0.15) is 0 Å². The molecule has 0 aliphatic heterocycles. The Morgan fingerprint density at radius 2 is 2.22 bits per heavy atom. The maximum absolute atomic E-state index is 12.7. The van der Waals surface area contributed by atoms with Crippen LogP contribution in [0.1, 0.15) is 28.9 Å². The summed E-state index contributed by atoms with van der Waals surface area (Å²) in [5, 5.41) is 4.30. The number of carbonyl (C=O) groups is 1. The number of hydrogen-bond donors (Lipinski definition) is 0. The number of furan rings is 1. The van der Waals surface area contributed by atoms with E-state index >= 15 is 0 Å². The number of nitrogens with zero attached hydrogens (tertiary/aromatic N) is 3. The van der Waals surface area contributed by atoms with E-state index in [9.17, 15) is 4.79 Å². The number of pyridine rings is 1. The molecule has 0 fully saturated rings. The van der Waals surface area contributed by atoms with Crippen molar-refractivity contribution in [2.24, 2.45) is 0 Å². The van der Waals surface area contributed by atoms with E-state index in [2.05, 4.69) is 22.0 Å². The van der Waals surface area contributed by atoms with Gasteiger partial charge < -0.3 is 18.6 Å². The van der Waals surface area contributed by atoms with Crippen LogP contribution in [0.5, 0.6) is 5.75 Å².